The van der Waals surface area contributed by atoms with Crippen molar-refractivity contribution >= 4 is 11.6 Å². The third-order valence-corrected chi connectivity index (χ3v) is 9.19. The highest BCUT2D eigenvalue weighted by Crippen LogP contribution is 2.65. The molecule has 0 bridgehead atoms. The van der Waals surface area contributed by atoms with Gasteiger partial charge in [0.1, 0.15) is 11.6 Å². The normalized spacial score (nSPS) is 47.0. The minimum absolute atomic E-state index is 0.131. The molecule has 0 spiro atoms. The average molecular weight is 372 g/mol. The molecule has 3 nitrogen and oxygen atoms in total. The number of allylic oxidation sites excluding steroid dienone is 2. The van der Waals surface area contributed by atoms with Crippen LogP contribution < -0.4 is 5.73 Å². The van der Waals surface area contributed by atoms with Gasteiger partial charge in [-0.25, -0.2) is 0 Å². The van der Waals surface area contributed by atoms with Gasteiger partial charge in [0, 0.05) is 24.2 Å². The third-order valence-electron chi connectivity index (χ3n) is 9.19. The Morgan fingerprint density at radius 3 is 2.70 bits per heavy atom. The first-order chi connectivity index (χ1) is 12.9. The van der Waals surface area contributed by atoms with Gasteiger partial charge >= 0.3 is 0 Å². The summed E-state index contributed by atoms with van der Waals surface area (Å²) in [6.45, 7) is 5.37. The van der Waals surface area contributed by atoms with Crippen molar-refractivity contribution in [2.45, 2.75) is 78.1 Å². The highest BCUT2D eigenvalue weighted by molar-refractivity contribution is 5.88. The second-order valence-corrected chi connectivity index (χ2v) is 10.4. The molecule has 0 aromatic rings. The lowest BCUT2D eigenvalue weighted by Gasteiger charge is -2.59. The second-order valence-electron chi connectivity index (χ2n) is 10.4. The smallest absolute Gasteiger partial charge is 0.139 e. The molecule has 0 aromatic heterocycles. The summed E-state index contributed by atoms with van der Waals surface area (Å²) < 4.78 is 0. The number of Topliss-reactive ketones (excluding diaryl/α,β-unsaturated/α-hetero) is 2. The zero-order valence-corrected chi connectivity index (χ0v) is 17.2. The summed E-state index contributed by atoms with van der Waals surface area (Å²) in [6.07, 6.45) is 14.9. The van der Waals surface area contributed by atoms with Gasteiger partial charge in [-0.15, -0.1) is 0 Å². The van der Waals surface area contributed by atoms with Crippen LogP contribution in [0.1, 0.15) is 78.1 Å². The van der Waals surface area contributed by atoms with E-state index in [1.807, 2.05) is 0 Å². The van der Waals surface area contributed by atoms with Crippen LogP contribution in [0.3, 0.4) is 0 Å². The summed E-state index contributed by atoms with van der Waals surface area (Å²) in [7, 11) is 0. The Morgan fingerprint density at radius 1 is 1.11 bits per heavy atom. The first-order valence-electron chi connectivity index (χ1n) is 11.3. The van der Waals surface area contributed by atoms with E-state index in [0.29, 0.717) is 35.2 Å². The van der Waals surface area contributed by atoms with E-state index in [0.717, 1.165) is 57.9 Å². The molecule has 4 aliphatic carbocycles. The highest BCUT2D eigenvalue weighted by Gasteiger charge is 2.62. The molecule has 0 saturated heterocycles. The average Bonchev–Trinajstić information content (AvgIpc) is 2.95. The molecule has 4 rings (SSSR count). The lowest BCUT2D eigenvalue weighted by Crippen LogP contribution is -2.56. The van der Waals surface area contributed by atoms with Crippen LogP contribution in [-0.4, -0.2) is 18.1 Å². The number of nitrogens with two attached hydrogens (primary N) is 1. The van der Waals surface area contributed by atoms with Crippen LogP contribution in [0.5, 0.6) is 0 Å². The molecular weight excluding hydrogens is 334 g/mol. The van der Waals surface area contributed by atoms with Crippen molar-refractivity contribution in [1.82, 2.24) is 0 Å². The Bertz CT molecular complexity index is 640. The molecular formula is C24H37NO2. The summed E-state index contributed by atoms with van der Waals surface area (Å²) in [5.74, 6) is 3.33. The van der Waals surface area contributed by atoms with Gasteiger partial charge in [0.05, 0.1) is 0 Å². The fourth-order valence-corrected chi connectivity index (χ4v) is 7.54. The number of fused-ring (bicyclic) bond motifs is 5. The molecule has 0 amide bonds. The van der Waals surface area contributed by atoms with E-state index >= 15 is 0 Å². The quantitative estimate of drug-likeness (QED) is 0.576. The fraction of sp³-hybridized carbons (Fsp3) is 0.833. The number of carbonyl (C=O) groups is 2. The first-order valence-corrected chi connectivity index (χ1v) is 11.3. The lowest BCUT2D eigenvalue weighted by molar-refractivity contribution is -0.157. The Hall–Kier alpha value is -0.960. The predicted octanol–water partition coefficient (Wildman–Crippen LogP) is 4.69. The van der Waals surface area contributed by atoms with Gasteiger partial charge < -0.3 is 5.73 Å². The number of hydrogen-bond donors (Lipinski definition) is 1. The minimum atomic E-state index is -0.131. The maximum atomic E-state index is 13.3. The van der Waals surface area contributed by atoms with Gasteiger partial charge in [-0.05, 0) is 87.0 Å². The Kier molecular flexibility index (Phi) is 5.12. The van der Waals surface area contributed by atoms with Crippen LogP contribution in [0.15, 0.2) is 12.2 Å². The van der Waals surface area contributed by atoms with Crippen LogP contribution in [0.4, 0.5) is 0 Å². The molecule has 0 heterocycles. The van der Waals surface area contributed by atoms with Crippen molar-refractivity contribution < 1.29 is 9.59 Å². The molecule has 150 valence electrons. The summed E-state index contributed by atoms with van der Waals surface area (Å²) in [5, 5.41) is 0. The summed E-state index contributed by atoms with van der Waals surface area (Å²) in [5.41, 5.74) is 5.62. The van der Waals surface area contributed by atoms with Crippen molar-refractivity contribution in [2.24, 2.45) is 46.2 Å². The van der Waals surface area contributed by atoms with Gasteiger partial charge in [-0.3, -0.25) is 9.59 Å². The van der Waals surface area contributed by atoms with Gasteiger partial charge in [0.2, 0.25) is 0 Å². The van der Waals surface area contributed by atoms with Gasteiger partial charge in [0.25, 0.3) is 0 Å². The largest absolute Gasteiger partial charge is 0.330 e. The third kappa shape index (κ3) is 3.05. The number of hydrogen-bond acceptors (Lipinski definition) is 3. The molecule has 4 fully saturated rings. The van der Waals surface area contributed by atoms with Crippen molar-refractivity contribution in [3.63, 3.8) is 0 Å². The van der Waals surface area contributed by atoms with Crippen molar-refractivity contribution in [3.8, 4) is 0 Å². The van der Waals surface area contributed by atoms with Gasteiger partial charge in [0.15, 0.2) is 0 Å². The molecule has 4 saturated carbocycles. The number of unbranched alkanes of at least 4 members (excludes halogenated alkanes) is 1. The van der Waals surface area contributed by atoms with E-state index in [1.54, 1.807) is 0 Å². The SMILES string of the molecule is C[C@]12CC[C@@H](/C=C/CCCN)CC1C(=O)C[C@@H]1[C@@H]2CC[C@]2(C)C(=O)CC[C@@H]12. The molecule has 0 radical (unpaired) electrons. The summed E-state index contributed by atoms with van der Waals surface area (Å²) in [4.78, 5) is 25.8. The number of rotatable bonds is 4. The Labute approximate surface area is 164 Å². The van der Waals surface area contributed by atoms with E-state index in [-0.39, 0.29) is 16.7 Å². The molecule has 1 unspecified atom stereocenters. The molecule has 4 aliphatic rings. The molecule has 0 aliphatic heterocycles. The van der Waals surface area contributed by atoms with Gasteiger partial charge in [-0.1, -0.05) is 26.0 Å². The molecule has 3 heteroatoms. The van der Waals surface area contributed by atoms with E-state index in [2.05, 4.69) is 26.0 Å². The topological polar surface area (TPSA) is 60.2 Å². The molecule has 0 aromatic carbocycles. The van der Waals surface area contributed by atoms with E-state index in [9.17, 15) is 9.59 Å². The minimum Gasteiger partial charge on any atom is -0.330 e. The highest BCUT2D eigenvalue weighted by atomic mass is 16.1. The monoisotopic (exact) mass is 371 g/mol. The van der Waals surface area contributed by atoms with Crippen LogP contribution in [-0.2, 0) is 9.59 Å². The number of ketones is 2. The van der Waals surface area contributed by atoms with Crippen molar-refractivity contribution in [3.05, 3.63) is 12.2 Å². The zero-order chi connectivity index (χ0) is 19.2. The van der Waals surface area contributed by atoms with Gasteiger partial charge in [-0.2, -0.15) is 0 Å². The second kappa shape index (κ2) is 7.13. The molecule has 2 N–H and O–H groups in total. The van der Waals surface area contributed by atoms with Crippen LogP contribution in [0, 0.1) is 40.4 Å². The van der Waals surface area contributed by atoms with E-state index in [4.69, 9.17) is 5.73 Å². The first kappa shape index (κ1) is 19.4. The van der Waals surface area contributed by atoms with E-state index < -0.39 is 0 Å². The predicted molar refractivity (Wildman–Crippen MR) is 108 cm³/mol. The maximum Gasteiger partial charge on any atom is 0.139 e. The van der Waals surface area contributed by atoms with Crippen LogP contribution >= 0.6 is 0 Å². The standard InChI is InChI=1S/C24H37NO2/c1-23-11-9-16(6-4-3-5-13-25)14-20(23)21(26)15-17-18-7-8-22(27)24(18,2)12-10-19(17)23/h4,6,16-20H,3,5,7-15,25H2,1-2H3/b6-4+/t16-,17+,18+,19+,20?,23-,24+/m1/s1. The molecule has 7 atom stereocenters. The van der Waals surface area contributed by atoms with Crippen molar-refractivity contribution in [1.29, 1.82) is 0 Å². The number of carbonyl (C=O) groups excluding carboxylic acids is 2. The Balaban J connectivity index is 1.52. The lowest BCUT2D eigenvalue weighted by atomic mass is 9.44. The fourth-order valence-electron chi connectivity index (χ4n) is 7.54. The zero-order valence-electron chi connectivity index (χ0n) is 17.2. The Morgan fingerprint density at radius 2 is 1.93 bits per heavy atom. The van der Waals surface area contributed by atoms with Crippen molar-refractivity contribution in [2.75, 3.05) is 6.54 Å². The summed E-state index contributed by atoms with van der Waals surface area (Å²) >= 11 is 0. The van der Waals surface area contributed by atoms with Crippen LogP contribution in [0.25, 0.3) is 0 Å². The summed E-state index contributed by atoms with van der Waals surface area (Å²) in [6, 6.07) is 0. The maximum absolute atomic E-state index is 13.3. The molecule has 27 heavy (non-hydrogen) atoms. The van der Waals surface area contributed by atoms with Crippen LogP contribution in [0.2, 0.25) is 0 Å². The van der Waals surface area contributed by atoms with E-state index in [1.165, 1.54) is 12.8 Å².